The highest BCUT2D eigenvalue weighted by Gasteiger charge is 2.27. The minimum Gasteiger partial charge on any atom is -0.494 e. The maximum absolute atomic E-state index is 12.1. The van der Waals surface area contributed by atoms with Crippen LogP contribution in [0.15, 0.2) is 53.6 Å². The van der Waals surface area contributed by atoms with Crippen LogP contribution in [0.2, 0.25) is 0 Å². The summed E-state index contributed by atoms with van der Waals surface area (Å²) in [5, 5.41) is 4.03. The van der Waals surface area contributed by atoms with Crippen LogP contribution in [0.4, 0.5) is 0 Å². The van der Waals surface area contributed by atoms with Gasteiger partial charge in [-0.3, -0.25) is 4.79 Å². The van der Waals surface area contributed by atoms with Crippen molar-refractivity contribution in [2.75, 3.05) is 13.2 Å². The Hall–Kier alpha value is -2.82. The van der Waals surface area contributed by atoms with Gasteiger partial charge in [-0.25, -0.2) is 5.43 Å². The molecule has 5 nitrogen and oxygen atoms in total. The number of nitrogens with one attached hydrogen (secondary N) is 1. The number of hydrazone groups is 1. The van der Waals surface area contributed by atoms with Crippen LogP contribution in [-0.4, -0.2) is 25.3 Å². The summed E-state index contributed by atoms with van der Waals surface area (Å²) in [6.45, 7) is 14.2. The van der Waals surface area contributed by atoms with Crippen molar-refractivity contribution in [3.05, 3.63) is 59.7 Å². The predicted octanol–water partition coefficient (Wildman–Crippen LogP) is 7.67. The Labute approximate surface area is 218 Å². The van der Waals surface area contributed by atoms with Crippen LogP contribution in [-0.2, 0) is 10.2 Å². The molecule has 0 bridgehead atoms. The molecule has 2 rings (SSSR count). The lowest BCUT2D eigenvalue weighted by Gasteiger charge is -2.33. The van der Waals surface area contributed by atoms with E-state index in [-0.39, 0.29) is 23.3 Å². The number of carbonyl (C=O) groups excluding carboxylic acids is 1. The van der Waals surface area contributed by atoms with Crippen LogP contribution in [0.25, 0.3) is 0 Å². The smallest absolute Gasteiger partial charge is 0.277 e. The molecule has 0 spiro atoms. The number of rotatable bonds is 15. The molecule has 0 saturated heterocycles. The van der Waals surface area contributed by atoms with Crippen molar-refractivity contribution in [3.8, 4) is 11.5 Å². The molecule has 0 heterocycles. The third kappa shape index (κ3) is 11.7. The molecular formula is C31H46N2O3. The molecular weight excluding hydrogens is 448 g/mol. The van der Waals surface area contributed by atoms with E-state index >= 15 is 0 Å². The molecule has 0 fully saturated rings. The van der Waals surface area contributed by atoms with E-state index in [0.29, 0.717) is 5.75 Å². The first-order valence-electron chi connectivity index (χ1n) is 13.4. The number of amides is 1. The summed E-state index contributed by atoms with van der Waals surface area (Å²) < 4.78 is 11.4. The van der Waals surface area contributed by atoms with Crippen LogP contribution in [0.3, 0.4) is 0 Å². The van der Waals surface area contributed by atoms with E-state index in [1.165, 1.54) is 37.7 Å². The first kappa shape index (κ1) is 29.4. The number of hydrogen-bond donors (Lipinski definition) is 1. The maximum atomic E-state index is 12.1. The van der Waals surface area contributed by atoms with Gasteiger partial charge in [-0.05, 0) is 71.2 Å². The molecule has 0 aliphatic rings. The summed E-state index contributed by atoms with van der Waals surface area (Å²) in [6, 6.07) is 15.7. The SMILES string of the molecule is CCCCCCCCOc1ccc(/C=N\NC(=O)COc2ccc(C(C)(C)CC(C)(C)C)cc2)cc1. The van der Waals surface area contributed by atoms with Crippen molar-refractivity contribution in [1.82, 2.24) is 5.43 Å². The fourth-order valence-corrected chi connectivity index (χ4v) is 4.51. The Morgan fingerprint density at radius 2 is 1.42 bits per heavy atom. The minimum absolute atomic E-state index is 0.0705. The molecule has 0 aliphatic heterocycles. The van der Waals surface area contributed by atoms with Gasteiger partial charge in [0.05, 0.1) is 12.8 Å². The zero-order valence-corrected chi connectivity index (χ0v) is 23.2. The second kappa shape index (κ2) is 14.7. The highest BCUT2D eigenvalue weighted by atomic mass is 16.5. The van der Waals surface area contributed by atoms with Gasteiger partial charge < -0.3 is 9.47 Å². The molecule has 0 saturated carbocycles. The molecule has 0 atom stereocenters. The van der Waals surface area contributed by atoms with E-state index in [2.05, 4.69) is 64.2 Å². The highest BCUT2D eigenvalue weighted by Crippen LogP contribution is 2.36. The Balaban J connectivity index is 1.69. The lowest BCUT2D eigenvalue weighted by molar-refractivity contribution is -0.123. The molecule has 0 radical (unpaired) electrons. The van der Waals surface area contributed by atoms with Gasteiger partial charge in [0.25, 0.3) is 5.91 Å². The van der Waals surface area contributed by atoms with Gasteiger partial charge in [-0.15, -0.1) is 0 Å². The topological polar surface area (TPSA) is 59.9 Å². The molecule has 1 N–H and O–H groups in total. The van der Waals surface area contributed by atoms with Crippen LogP contribution in [0, 0.1) is 5.41 Å². The number of benzene rings is 2. The Morgan fingerprint density at radius 3 is 2.06 bits per heavy atom. The molecule has 5 heteroatoms. The van der Waals surface area contributed by atoms with E-state index in [1.54, 1.807) is 6.21 Å². The van der Waals surface area contributed by atoms with Gasteiger partial charge in [0.1, 0.15) is 11.5 Å². The highest BCUT2D eigenvalue weighted by molar-refractivity contribution is 5.83. The normalized spacial score (nSPS) is 12.1. The summed E-state index contributed by atoms with van der Waals surface area (Å²) in [5.41, 5.74) is 4.98. The van der Waals surface area contributed by atoms with Crippen molar-refractivity contribution in [2.45, 2.75) is 91.9 Å². The number of unbranched alkanes of at least 4 members (excludes halogenated alkanes) is 5. The summed E-state index contributed by atoms with van der Waals surface area (Å²) in [4.78, 5) is 12.1. The van der Waals surface area contributed by atoms with E-state index in [9.17, 15) is 4.79 Å². The van der Waals surface area contributed by atoms with Gasteiger partial charge in [0, 0.05) is 0 Å². The van der Waals surface area contributed by atoms with Crippen molar-refractivity contribution < 1.29 is 14.3 Å². The largest absolute Gasteiger partial charge is 0.494 e. The van der Waals surface area contributed by atoms with Gasteiger partial charge in [0.2, 0.25) is 0 Å². The molecule has 2 aromatic rings. The minimum atomic E-state index is -0.303. The summed E-state index contributed by atoms with van der Waals surface area (Å²) in [7, 11) is 0. The standard InChI is InChI=1S/C31H46N2O3/c1-7-8-9-10-11-12-21-35-27-17-13-25(14-18-27)22-32-33-29(34)23-36-28-19-15-26(16-20-28)31(5,6)24-30(2,3)4/h13-20,22H,7-12,21,23-24H2,1-6H3,(H,33,34)/b32-22-. The van der Waals surface area contributed by atoms with Crippen LogP contribution in [0.1, 0.15) is 97.6 Å². The molecule has 1 amide bonds. The van der Waals surface area contributed by atoms with Crippen LogP contribution in [0.5, 0.6) is 11.5 Å². The van der Waals surface area contributed by atoms with Gasteiger partial charge in [0.15, 0.2) is 6.61 Å². The zero-order chi connectivity index (χ0) is 26.4. The Bertz CT molecular complexity index is 926. The number of nitrogens with zero attached hydrogens (tertiary/aromatic N) is 1. The molecule has 0 unspecified atom stereocenters. The lowest BCUT2D eigenvalue weighted by Crippen LogP contribution is -2.25. The molecule has 0 aromatic heterocycles. The van der Waals surface area contributed by atoms with Gasteiger partial charge in [-0.2, -0.15) is 5.10 Å². The van der Waals surface area contributed by atoms with Crippen LogP contribution < -0.4 is 14.9 Å². The fourth-order valence-electron chi connectivity index (χ4n) is 4.51. The van der Waals surface area contributed by atoms with Crippen molar-refractivity contribution in [2.24, 2.45) is 10.5 Å². The molecule has 0 aliphatic carbocycles. The quantitative estimate of drug-likeness (QED) is 0.157. The first-order valence-corrected chi connectivity index (χ1v) is 13.4. The lowest BCUT2D eigenvalue weighted by atomic mass is 9.72. The van der Waals surface area contributed by atoms with Crippen molar-refractivity contribution >= 4 is 12.1 Å². The van der Waals surface area contributed by atoms with E-state index in [0.717, 1.165) is 30.8 Å². The van der Waals surface area contributed by atoms with E-state index in [4.69, 9.17) is 9.47 Å². The average Bonchev–Trinajstić information content (AvgIpc) is 2.82. The summed E-state index contributed by atoms with van der Waals surface area (Å²) in [6.07, 6.45) is 10.2. The Morgan fingerprint density at radius 1 is 0.833 bits per heavy atom. The Kier molecular flexibility index (Phi) is 12.0. The average molecular weight is 495 g/mol. The number of ether oxygens (including phenoxy) is 2. The fraction of sp³-hybridized carbons (Fsp3) is 0.548. The first-order chi connectivity index (χ1) is 17.1. The van der Waals surface area contributed by atoms with Gasteiger partial charge in [-0.1, -0.05) is 85.8 Å². The monoisotopic (exact) mass is 494 g/mol. The summed E-state index contributed by atoms with van der Waals surface area (Å²) >= 11 is 0. The van der Waals surface area contributed by atoms with Crippen LogP contribution >= 0.6 is 0 Å². The number of hydrogen-bond acceptors (Lipinski definition) is 4. The second-order valence-electron chi connectivity index (χ2n) is 11.4. The molecule has 198 valence electrons. The second-order valence-corrected chi connectivity index (χ2v) is 11.4. The molecule has 2 aromatic carbocycles. The third-order valence-electron chi connectivity index (χ3n) is 6.03. The van der Waals surface area contributed by atoms with E-state index in [1.807, 2.05) is 36.4 Å². The number of carbonyl (C=O) groups is 1. The maximum Gasteiger partial charge on any atom is 0.277 e. The third-order valence-corrected chi connectivity index (χ3v) is 6.03. The predicted molar refractivity (Wildman–Crippen MR) is 150 cm³/mol. The zero-order valence-electron chi connectivity index (χ0n) is 23.2. The van der Waals surface area contributed by atoms with Crippen molar-refractivity contribution in [3.63, 3.8) is 0 Å². The summed E-state index contributed by atoms with van der Waals surface area (Å²) in [5.74, 6) is 1.22. The van der Waals surface area contributed by atoms with E-state index < -0.39 is 0 Å². The van der Waals surface area contributed by atoms with Crippen molar-refractivity contribution in [1.29, 1.82) is 0 Å². The van der Waals surface area contributed by atoms with Gasteiger partial charge >= 0.3 is 0 Å². The molecule has 36 heavy (non-hydrogen) atoms.